The molecule has 0 aromatic heterocycles. The molecule has 0 amide bonds. The van der Waals surface area contributed by atoms with Crippen LogP contribution in [0.4, 0.5) is 22.7 Å². The van der Waals surface area contributed by atoms with Crippen LogP contribution in [0, 0.1) is 0 Å². The molecule has 8 N–H and O–H groups in total. The lowest BCUT2D eigenvalue weighted by Gasteiger charge is -2.07. The lowest BCUT2D eigenvalue weighted by Crippen LogP contribution is -1.99. The van der Waals surface area contributed by atoms with Crippen LogP contribution in [0.5, 0.6) is 0 Å². The molecule has 0 heterocycles. The van der Waals surface area contributed by atoms with Gasteiger partial charge in [0.05, 0.1) is 0 Å². The van der Waals surface area contributed by atoms with E-state index in [4.69, 9.17) is 22.9 Å². The van der Waals surface area contributed by atoms with Crippen LogP contribution in [-0.4, -0.2) is 0 Å². The molecule has 0 saturated heterocycles. The molecule has 0 radical (unpaired) electrons. The summed E-state index contributed by atoms with van der Waals surface area (Å²) in [5, 5.41) is 0. The van der Waals surface area contributed by atoms with Crippen molar-refractivity contribution in [2.75, 3.05) is 22.9 Å². The highest BCUT2D eigenvalue weighted by molar-refractivity contribution is 5.83. The van der Waals surface area contributed by atoms with E-state index in [-0.39, 0.29) is 0 Å². The minimum absolute atomic E-state index is 0.755. The Hall–Kier alpha value is -3.92. The van der Waals surface area contributed by atoms with E-state index < -0.39 is 0 Å². The average molecular weight is 397 g/mol. The predicted octanol–water partition coefficient (Wildman–Crippen LogP) is 5.15. The Morgan fingerprint density at radius 1 is 0.367 bits per heavy atom. The standard InChI is InChI=1S/C14H16N2.C12H12N2/c15-13-7-3-1-5-11(13)9-10-12-6-2-4-8-14(12)16;13-11-7-3-1-5-9(11)10-6-2-4-8-12(10)14/h1-8H,9-10,15-16H2;1-8H,13-14H2. The van der Waals surface area contributed by atoms with Crippen LogP contribution < -0.4 is 22.9 Å². The summed E-state index contributed by atoms with van der Waals surface area (Å²) in [5.41, 5.74) is 31.1. The molecule has 0 saturated carbocycles. The van der Waals surface area contributed by atoms with Gasteiger partial charge in [0.2, 0.25) is 0 Å². The first-order valence-corrected chi connectivity index (χ1v) is 9.92. The van der Waals surface area contributed by atoms with Gasteiger partial charge >= 0.3 is 0 Å². The predicted molar refractivity (Wildman–Crippen MR) is 130 cm³/mol. The lowest BCUT2D eigenvalue weighted by molar-refractivity contribution is 0.966. The van der Waals surface area contributed by atoms with Crippen molar-refractivity contribution in [1.29, 1.82) is 0 Å². The highest BCUT2D eigenvalue weighted by Crippen LogP contribution is 2.29. The van der Waals surface area contributed by atoms with Crippen molar-refractivity contribution < 1.29 is 0 Å². The van der Waals surface area contributed by atoms with E-state index in [0.29, 0.717) is 0 Å². The third kappa shape index (κ3) is 5.32. The molecule has 4 rings (SSSR count). The number of para-hydroxylation sites is 4. The van der Waals surface area contributed by atoms with Gasteiger partial charge in [-0.2, -0.15) is 0 Å². The summed E-state index contributed by atoms with van der Waals surface area (Å²) in [7, 11) is 0. The van der Waals surface area contributed by atoms with Gasteiger partial charge in [-0.15, -0.1) is 0 Å². The molecular weight excluding hydrogens is 368 g/mol. The summed E-state index contributed by atoms with van der Waals surface area (Å²) in [5.74, 6) is 0. The van der Waals surface area contributed by atoms with Crippen LogP contribution in [-0.2, 0) is 12.8 Å². The Bertz CT molecular complexity index is 1020. The minimum Gasteiger partial charge on any atom is -0.399 e. The fourth-order valence-corrected chi connectivity index (χ4v) is 3.28. The Kier molecular flexibility index (Phi) is 6.95. The van der Waals surface area contributed by atoms with E-state index in [0.717, 1.165) is 46.7 Å². The zero-order valence-electron chi connectivity index (χ0n) is 17.0. The Balaban J connectivity index is 0.000000172. The zero-order valence-corrected chi connectivity index (χ0v) is 17.0. The maximum Gasteiger partial charge on any atom is 0.0394 e. The number of nitrogen functional groups attached to an aromatic ring is 4. The number of hydrogen-bond donors (Lipinski definition) is 4. The second-order valence-corrected chi connectivity index (χ2v) is 7.07. The lowest BCUT2D eigenvalue weighted by atomic mass is 10.0. The number of aryl methyl sites for hydroxylation is 2. The van der Waals surface area contributed by atoms with Crippen molar-refractivity contribution in [2.45, 2.75) is 12.8 Å². The summed E-state index contributed by atoms with van der Waals surface area (Å²) >= 11 is 0. The van der Waals surface area contributed by atoms with Gasteiger partial charge in [-0.3, -0.25) is 0 Å². The summed E-state index contributed by atoms with van der Waals surface area (Å²) in [6.45, 7) is 0. The maximum atomic E-state index is 5.89. The maximum absolute atomic E-state index is 5.89. The smallest absolute Gasteiger partial charge is 0.0394 e. The van der Waals surface area contributed by atoms with E-state index in [2.05, 4.69) is 12.1 Å². The van der Waals surface area contributed by atoms with E-state index in [1.54, 1.807) is 0 Å². The second-order valence-electron chi connectivity index (χ2n) is 7.07. The van der Waals surface area contributed by atoms with Gasteiger partial charge in [-0.25, -0.2) is 0 Å². The monoisotopic (exact) mass is 396 g/mol. The molecule has 0 fully saturated rings. The van der Waals surface area contributed by atoms with Crippen LogP contribution in [0.1, 0.15) is 11.1 Å². The van der Waals surface area contributed by atoms with Crippen molar-refractivity contribution in [3.8, 4) is 11.1 Å². The first-order valence-electron chi connectivity index (χ1n) is 9.92. The molecular formula is C26H28N4. The molecule has 0 bridgehead atoms. The van der Waals surface area contributed by atoms with Crippen molar-refractivity contribution in [1.82, 2.24) is 0 Å². The molecule has 0 unspecified atom stereocenters. The Morgan fingerprint density at radius 2 is 0.667 bits per heavy atom. The highest BCUT2D eigenvalue weighted by atomic mass is 14.6. The van der Waals surface area contributed by atoms with Crippen LogP contribution in [0.25, 0.3) is 11.1 Å². The summed E-state index contributed by atoms with van der Waals surface area (Å²) in [4.78, 5) is 0. The fraction of sp³-hybridized carbons (Fsp3) is 0.0769. The molecule has 4 aromatic rings. The molecule has 0 aliphatic carbocycles. The molecule has 4 aromatic carbocycles. The Morgan fingerprint density at radius 3 is 1.00 bits per heavy atom. The van der Waals surface area contributed by atoms with Crippen molar-refractivity contribution >= 4 is 22.7 Å². The van der Waals surface area contributed by atoms with Crippen LogP contribution >= 0.6 is 0 Å². The number of anilines is 4. The van der Waals surface area contributed by atoms with Crippen molar-refractivity contribution in [2.24, 2.45) is 0 Å². The molecule has 4 heteroatoms. The normalized spacial score (nSPS) is 10.1. The summed E-state index contributed by atoms with van der Waals surface area (Å²) in [6, 6.07) is 31.4. The van der Waals surface area contributed by atoms with Gasteiger partial charge in [-0.05, 0) is 48.2 Å². The Labute approximate surface area is 178 Å². The molecule has 30 heavy (non-hydrogen) atoms. The van der Waals surface area contributed by atoms with Gasteiger partial charge in [0.15, 0.2) is 0 Å². The van der Waals surface area contributed by atoms with Crippen LogP contribution in [0.2, 0.25) is 0 Å². The van der Waals surface area contributed by atoms with Crippen LogP contribution in [0.3, 0.4) is 0 Å². The van der Waals surface area contributed by atoms with Gasteiger partial charge in [-0.1, -0.05) is 72.8 Å². The van der Waals surface area contributed by atoms with Gasteiger partial charge in [0.1, 0.15) is 0 Å². The molecule has 4 nitrogen and oxygen atoms in total. The molecule has 152 valence electrons. The van der Waals surface area contributed by atoms with Gasteiger partial charge in [0.25, 0.3) is 0 Å². The number of benzene rings is 4. The largest absolute Gasteiger partial charge is 0.399 e. The van der Waals surface area contributed by atoms with Gasteiger partial charge < -0.3 is 22.9 Å². The quantitative estimate of drug-likeness (QED) is 0.358. The SMILES string of the molecule is Nc1ccccc1-c1ccccc1N.Nc1ccccc1CCc1ccccc1N. The minimum atomic E-state index is 0.755. The molecule has 0 spiro atoms. The molecule has 0 aliphatic rings. The average Bonchev–Trinajstić information content (AvgIpc) is 2.76. The highest BCUT2D eigenvalue weighted by Gasteiger charge is 2.04. The van der Waals surface area contributed by atoms with Crippen molar-refractivity contribution in [3.05, 3.63) is 108 Å². The van der Waals surface area contributed by atoms with Gasteiger partial charge in [0, 0.05) is 33.9 Å². The van der Waals surface area contributed by atoms with E-state index in [1.807, 2.05) is 84.9 Å². The molecule has 0 aliphatic heterocycles. The first kappa shape index (κ1) is 20.8. The van der Waals surface area contributed by atoms with E-state index in [9.17, 15) is 0 Å². The number of rotatable bonds is 4. The summed E-state index contributed by atoms with van der Waals surface area (Å²) < 4.78 is 0. The second kappa shape index (κ2) is 10.0. The zero-order chi connectivity index (χ0) is 21.3. The van der Waals surface area contributed by atoms with Crippen LogP contribution in [0.15, 0.2) is 97.1 Å². The first-order chi connectivity index (χ1) is 14.6. The molecule has 0 atom stereocenters. The topological polar surface area (TPSA) is 104 Å². The van der Waals surface area contributed by atoms with E-state index >= 15 is 0 Å². The third-order valence-corrected chi connectivity index (χ3v) is 4.99. The van der Waals surface area contributed by atoms with E-state index in [1.165, 1.54) is 11.1 Å². The number of nitrogens with two attached hydrogens (primary N) is 4. The number of hydrogen-bond acceptors (Lipinski definition) is 4. The summed E-state index contributed by atoms with van der Waals surface area (Å²) in [6.07, 6.45) is 1.86. The van der Waals surface area contributed by atoms with Crippen molar-refractivity contribution in [3.63, 3.8) is 0 Å². The third-order valence-electron chi connectivity index (χ3n) is 4.99. The fourth-order valence-electron chi connectivity index (χ4n) is 3.28.